The summed E-state index contributed by atoms with van der Waals surface area (Å²) >= 11 is 13.4. The van der Waals surface area contributed by atoms with Gasteiger partial charge in [0, 0.05) is 28.6 Å². The first kappa shape index (κ1) is 20.5. The van der Waals surface area contributed by atoms with Gasteiger partial charge in [-0.05, 0) is 36.5 Å². The minimum atomic E-state index is -0.232. The summed E-state index contributed by atoms with van der Waals surface area (Å²) in [6.45, 7) is 5.89. The number of pyridine rings is 1. The second kappa shape index (κ2) is 7.65. The number of benzene rings is 1. The number of amides is 1. The lowest BCUT2D eigenvalue weighted by Crippen LogP contribution is -2.39. The van der Waals surface area contributed by atoms with E-state index < -0.39 is 0 Å². The fourth-order valence-electron chi connectivity index (χ4n) is 4.50. The normalized spacial score (nSPS) is 17.7. The molecule has 5 rings (SSSR count). The zero-order chi connectivity index (χ0) is 21.9. The molecule has 2 aromatic heterocycles. The lowest BCUT2D eigenvalue weighted by atomic mass is 9.84. The van der Waals surface area contributed by atoms with Crippen molar-refractivity contribution in [3.8, 4) is 0 Å². The van der Waals surface area contributed by atoms with Gasteiger partial charge in [-0.2, -0.15) is 5.10 Å². The number of carbonyl (C=O) groups excluding carboxylic acids is 1. The SMILES string of the molecule is Cc1[nH]c(=O)c(CN2CCc3c(Cl)cc(C(C)C4COC4)c(Cl)c3C2=O)c2[nH]ncc12. The highest BCUT2D eigenvalue weighted by atomic mass is 35.5. The monoisotopic (exact) mass is 460 g/mol. The number of hydrogen-bond donors (Lipinski definition) is 2. The van der Waals surface area contributed by atoms with Gasteiger partial charge >= 0.3 is 0 Å². The maximum Gasteiger partial charge on any atom is 0.256 e. The van der Waals surface area contributed by atoms with Gasteiger partial charge in [-0.25, -0.2) is 0 Å². The van der Waals surface area contributed by atoms with E-state index in [1.165, 1.54) is 0 Å². The number of aromatic amines is 2. The summed E-state index contributed by atoms with van der Waals surface area (Å²) in [6.07, 6.45) is 2.25. The van der Waals surface area contributed by atoms with E-state index in [-0.39, 0.29) is 23.9 Å². The molecule has 0 aliphatic carbocycles. The Morgan fingerprint density at radius 1 is 1.32 bits per heavy atom. The fraction of sp³-hybridized carbons (Fsp3) is 0.409. The van der Waals surface area contributed by atoms with Gasteiger partial charge in [-0.3, -0.25) is 14.7 Å². The molecule has 3 aromatic rings. The van der Waals surface area contributed by atoms with Crippen LogP contribution in [0.15, 0.2) is 17.1 Å². The number of halogens is 2. The first-order valence-electron chi connectivity index (χ1n) is 10.3. The van der Waals surface area contributed by atoms with E-state index in [4.69, 9.17) is 27.9 Å². The van der Waals surface area contributed by atoms with Gasteiger partial charge in [0.1, 0.15) is 0 Å². The van der Waals surface area contributed by atoms with Crippen LogP contribution in [0.25, 0.3) is 10.9 Å². The summed E-state index contributed by atoms with van der Waals surface area (Å²) < 4.78 is 5.32. The van der Waals surface area contributed by atoms with Crippen LogP contribution in [0.2, 0.25) is 10.0 Å². The summed E-state index contributed by atoms with van der Waals surface area (Å²) in [6, 6.07) is 1.90. The first-order chi connectivity index (χ1) is 14.9. The fourth-order valence-corrected chi connectivity index (χ4v) is 5.23. The van der Waals surface area contributed by atoms with Crippen molar-refractivity contribution < 1.29 is 9.53 Å². The van der Waals surface area contributed by atoms with Gasteiger partial charge in [0.25, 0.3) is 11.5 Å². The Labute approximate surface area is 188 Å². The topological polar surface area (TPSA) is 91.1 Å². The highest BCUT2D eigenvalue weighted by Crippen LogP contribution is 2.41. The number of carbonyl (C=O) groups is 1. The molecule has 1 saturated heterocycles. The van der Waals surface area contributed by atoms with Gasteiger partial charge in [-0.1, -0.05) is 30.1 Å². The van der Waals surface area contributed by atoms with Crippen LogP contribution in [0.4, 0.5) is 0 Å². The van der Waals surface area contributed by atoms with Gasteiger partial charge in [0.05, 0.1) is 47.6 Å². The van der Waals surface area contributed by atoms with Crippen LogP contribution in [0.1, 0.15) is 45.6 Å². The summed E-state index contributed by atoms with van der Waals surface area (Å²) in [4.78, 5) is 30.7. The van der Waals surface area contributed by atoms with Crippen molar-refractivity contribution in [1.82, 2.24) is 20.1 Å². The second-order valence-electron chi connectivity index (χ2n) is 8.39. The summed E-state index contributed by atoms with van der Waals surface area (Å²) in [5, 5.41) is 8.82. The van der Waals surface area contributed by atoms with Crippen LogP contribution < -0.4 is 5.56 Å². The average Bonchev–Trinajstić information content (AvgIpc) is 3.17. The molecule has 1 aromatic carbocycles. The quantitative estimate of drug-likeness (QED) is 0.618. The molecule has 2 aliphatic heterocycles. The highest BCUT2D eigenvalue weighted by Gasteiger charge is 2.34. The molecule has 1 fully saturated rings. The number of H-pyrrole nitrogens is 2. The van der Waals surface area contributed by atoms with E-state index in [1.54, 1.807) is 11.1 Å². The number of nitrogens with one attached hydrogen (secondary N) is 2. The third kappa shape index (κ3) is 3.26. The standard InChI is InChI=1S/C22H22Cl2N4O3/c1-10(12-8-31-9-12)14-5-17(23)13-3-4-28(22(30)18(13)19(14)24)7-16-20-15(6-25-27-20)11(2)26-21(16)29/h5-6,10,12H,3-4,7-9H2,1-2H3,(H,25,27)(H,26,29). The van der Waals surface area contributed by atoms with E-state index in [9.17, 15) is 9.59 Å². The lowest BCUT2D eigenvalue weighted by Gasteiger charge is -2.34. The summed E-state index contributed by atoms with van der Waals surface area (Å²) in [5.74, 6) is 0.290. The largest absolute Gasteiger partial charge is 0.381 e. The van der Waals surface area contributed by atoms with Crippen LogP contribution in [-0.2, 0) is 17.7 Å². The molecule has 162 valence electrons. The van der Waals surface area contributed by atoms with Crippen molar-refractivity contribution in [3.63, 3.8) is 0 Å². The van der Waals surface area contributed by atoms with Crippen LogP contribution in [0, 0.1) is 12.8 Å². The second-order valence-corrected chi connectivity index (χ2v) is 9.18. The zero-order valence-corrected chi connectivity index (χ0v) is 18.7. The molecule has 0 radical (unpaired) electrons. The van der Waals surface area contributed by atoms with Gasteiger partial charge in [-0.15, -0.1) is 0 Å². The first-order valence-corrected chi connectivity index (χ1v) is 11.0. The van der Waals surface area contributed by atoms with Crippen LogP contribution in [0.3, 0.4) is 0 Å². The third-order valence-corrected chi connectivity index (χ3v) is 7.35. The molecule has 9 heteroatoms. The zero-order valence-electron chi connectivity index (χ0n) is 17.2. The number of ether oxygens (including phenoxy) is 1. The maximum atomic E-state index is 13.5. The number of rotatable bonds is 4. The van der Waals surface area contributed by atoms with Crippen molar-refractivity contribution in [1.29, 1.82) is 0 Å². The molecule has 4 heterocycles. The van der Waals surface area contributed by atoms with E-state index in [0.29, 0.717) is 58.8 Å². The van der Waals surface area contributed by atoms with Crippen molar-refractivity contribution in [2.75, 3.05) is 19.8 Å². The molecule has 7 nitrogen and oxygen atoms in total. The van der Waals surface area contributed by atoms with Crippen molar-refractivity contribution >= 4 is 40.0 Å². The van der Waals surface area contributed by atoms with Crippen molar-refractivity contribution in [3.05, 3.63) is 60.6 Å². The molecule has 0 bridgehead atoms. The molecule has 31 heavy (non-hydrogen) atoms. The molecule has 1 unspecified atom stereocenters. The van der Waals surface area contributed by atoms with Crippen LogP contribution in [-0.4, -0.2) is 45.7 Å². The van der Waals surface area contributed by atoms with Gasteiger partial charge < -0.3 is 14.6 Å². The molecule has 1 atom stereocenters. The number of hydrogen-bond acceptors (Lipinski definition) is 4. The average molecular weight is 461 g/mol. The molecular formula is C22H22Cl2N4O3. The van der Waals surface area contributed by atoms with E-state index in [2.05, 4.69) is 22.1 Å². The Hall–Kier alpha value is -2.35. The third-order valence-electron chi connectivity index (χ3n) is 6.61. The Bertz CT molecular complexity index is 1260. The van der Waals surface area contributed by atoms with Crippen LogP contribution >= 0.6 is 23.2 Å². The maximum absolute atomic E-state index is 13.5. The number of fused-ring (bicyclic) bond motifs is 2. The Morgan fingerprint density at radius 2 is 2.10 bits per heavy atom. The minimum absolute atomic E-state index is 0.136. The Balaban J connectivity index is 1.53. The number of aromatic nitrogens is 3. The summed E-state index contributed by atoms with van der Waals surface area (Å²) in [7, 11) is 0. The smallest absolute Gasteiger partial charge is 0.256 e. The van der Waals surface area contributed by atoms with Crippen molar-refractivity contribution in [2.24, 2.45) is 5.92 Å². The molecule has 0 spiro atoms. The number of aryl methyl sites for hydroxylation is 1. The molecule has 2 N–H and O–H groups in total. The van der Waals surface area contributed by atoms with E-state index in [1.807, 2.05) is 13.0 Å². The molecule has 1 amide bonds. The highest BCUT2D eigenvalue weighted by molar-refractivity contribution is 6.37. The number of nitrogens with zero attached hydrogens (tertiary/aromatic N) is 2. The Morgan fingerprint density at radius 3 is 2.81 bits per heavy atom. The van der Waals surface area contributed by atoms with Gasteiger partial charge in [0.2, 0.25) is 0 Å². The predicted octanol–water partition coefficient (Wildman–Crippen LogP) is 3.81. The lowest BCUT2D eigenvalue weighted by molar-refractivity contribution is -0.0423. The Kier molecular flexibility index (Phi) is 5.07. The van der Waals surface area contributed by atoms with E-state index in [0.717, 1.165) is 22.2 Å². The molecule has 2 aliphatic rings. The molecule has 0 saturated carbocycles. The molecular weight excluding hydrogens is 439 g/mol. The van der Waals surface area contributed by atoms with Gasteiger partial charge in [0.15, 0.2) is 0 Å². The minimum Gasteiger partial charge on any atom is -0.381 e. The van der Waals surface area contributed by atoms with Crippen molar-refractivity contribution in [2.45, 2.75) is 32.7 Å². The summed E-state index contributed by atoms with van der Waals surface area (Å²) in [5.41, 5.74) is 3.73. The van der Waals surface area contributed by atoms with Crippen LogP contribution in [0.5, 0.6) is 0 Å². The van der Waals surface area contributed by atoms with E-state index >= 15 is 0 Å². The predicted molar refractivity (Wildman–Crippen MR) is 119 cm³/mol.